The van der Waals surface area contributed by atoms with E-state index in [0.717, 1.165) is 17.1 Å². The highest BCUT2D eigenvalue weighted by Gasteiger charge is 2.44. The lowest BCUT2D eigenvalue weighted by Gasteiger charge is -2.42. The van der Waals surface area contributed by atoms with E-state index in [1.807, 2.05) is 31.3 Å². The van der Waals surface area contributed by atoms with E-state index >= 15 is 0 Å². The summed E-state index contributed by atoms with van der Waals surface area (Å²) in [6, 6.07) is 15.9. The van der Waals surface area contributed by atoms with Gasteiger partial charge in [0, 0.05) is 10.5 Å². The van der Waals surface area contributed by atoms with E-state index in [4.69, 9.17) is 0 Å². The highest BCUT2D eigenvalue weighted by molar-refractivity contribution is 7.98. The number of quaternary nitrogens is 1. The lowest BCUT2D eigenvalue weighted by Crippen LogP contribution is -3.09. The fraction of sp³-hybridized carbons (Fsp3) is 0.333. The predicted molar refractivity (Wildman–Crippen MR) is 110 cm³/mol. The van der Waals surface area contributed by atoms with Gasteiger partial charge in [0.05, 0.1) is 18.4 Å². The summed E-state index contributed by atoms with van der Waals surface area (Å²) >= 11 is 1.71. The van der Waals surface area contributed by atoms with Crippen LogP contribution < -0.4 is 15.1 Å². The van der Waals surface area contributed by atoms with Gasteiger partial charge in [-0.1, -0.05) is 24.3 Å². The number of rotatable bonds is 5. The standard InChI is InChI=1S/C21H25N3O2S/c1-21(2)20(26)22-17-7-5-6-8-18(17)24(21)19(25)14-23(3)13-15-9-11-16(27-4)12-10-15/h5-12H,13-14H2,1-4H3,(H,22,26)/p+1. The molecule has 1 heterocycles. The minimum Gasteiger partial charge on any atom is -0.326 e. The number of carbonyl (C=O) groups is 2. The topological polar surface area (TPSA) is 53.9 Å². The zero-order valence-corrected chi connectivity index (χ0v) is 17.0. The number of thioether (sulfide) groups is 1. The van der Waals surface area contributed by atoms with Crippen molar-refractivity contribution in [2.75, 3.05) is 30.1 Å². The molecule has 2 aromatic rings. The molecule has 0 saturated heterocycles. The van der Waals surface area contributed by atoms with Crippen LogP contribution in [0.3, 0.4) is 0 Å². The molecule has 27 heavy (non-hydrogen) atoms. The summed E-state index contributed by atoms with van der Waals surface area (Å²) in [5.74, 6) is -0.222. The molecule has 0 bridgehead atoms. The van der Waals surface area contributed by atoms with E-state index < -0.39 is 5.54 Å². The number of anilines is 2. The summed E-state index contributed by atoms with van der Waals surface area (Å²) < 4.78 is 0. The van der Waals surface area contributed by atoms with Crippen LogP contribution >= 0.6 is 11.8 Å². The highest BCUT2D eigenvalue weighted by Crippen LogP contribution is 2.36. The SMILES string of the molecule is CSc1ccc(C[NH+](C)CC(=O)N2c3ccccc3NC(=O)C2(C)C)cc1. The number of nitrogens with one attached hydrogen (secondary N) is 2. The normalized spacial score (nSPS) is 16.4. The largest absolute Gasteiger partial charge is 0.326 e. The second kappa shape index (κ2) is 7.74. The molecule has 2 N–H and O–H groups in total. The molecule has 3 rings (SSSR count). The number of carbonyl (C=O) groups excluding carboxylic acids is 2. The zero-order valence-electron chi connectivity index (χ0n) is 16.2. The minimum absolute atomic E-state index is 0.0551. The maximum atomic E-state index is 13.1. The molecule has 142 valence electrons. The molecule has 0 spiro atoms. The average Bonchev–Trinajstić information content (AvgIpc) is 2.63. The average molecular weight is 385 g/mol. The molecule has 2 aromatic carbocycles. The predicted octanol–water partition coefficient (Wildman–Crippen LogP) is 2.19. The first kappa shape index (κ1) is 19.5. The van der Waals surface area contributed by atoms with Crippen molar-refractivity contribution in [3.05, 3.63) is 54.1 Å². The van der Waals surface area contributed by atoms with Crippen molar-refractivity contribution in [1.29, 1.82) is 0 Å². The van der Waals surface area contributed by atoms with Crippen molar-refractivity contribution < 1.29 is 14.5 Å². The maximum Gasteiger partial charge on any atom is 0.283 e. The van der Waals surface area contributed by atoms with Gasteiger partial charge in [-0.15, -0.1) is 11.8 Å². The number of fused-ring (bicyclic) bond motifs is 1. The smallest absolute Gasteiger partial charge is 0.283 e. The molecule has 0 radical (unpaired) electrons. The van der Waals surface area contributed by atoms with Gasteiger partial charge in [0.25, 0.3) is 5.91 Å². The van der Waals surface area contributed by atoms with E-state index in [-0.39, 0.29) is 11.8 Å². The lowest BCUT2D eigenvalue weighted by atomic mass is 9.96. The molecule has 0 aromatic heterocycles. The molecule has 1 atom stereocenters. The van der Waals surface area contributed by atoms with Crippen LogP contribution in [0.2, 0.25) is 0 Å². The van der Waals surface area contributed by atoms with Crippen molar-refractivity contribution in [3.8, 4) is 0 Å². The second-order valence-electron chi connectivity index (χ2n) is 7.42. The Kier molecular flexibility index (Phi) is 5.58. The first-order valence-corrected chi connectivity index (χ1v) is 10.2. The summed E-state index contributed by atoms with van der Waals surface area (Å²) in [7, 11) is 2.00. The first-order chi connectivity index (χ1) is 12.8. The number of nitrogens with zero attached hydrogens (tertiary/aromatic N) is 1. The molecule has 0 fully saturated rings. The molecule has 0 saturated carbocycles. The minimum atomic E-state index is -0.925. The number of benzene rings is 2. The van der Waals surface area contributed by atoms with E-state index in [1.54, 1.807) is 30.5 Å². The maximum absolute atomic E-state index is 13.1. The Morgan fingerprint density at radius 3 is 2.48 bits per heavy atom. The van der Waals surface area contributed by atoms with Gasteiger partial charge >= 0.3 is 0 Å². The van der Waals surface area contributed by atoms with Gasteiger partial charge in [-0.3, -0.25) is 14.5 Å². The van der Waals surface area contributed by atoms with Crippen LogP contribution in [0.4, 0.5) is 11.4 Å². The van der Waals surface area contributed by atoms with Gasteiger partial charge in [-0.05, 0) is 44.4 Å². The Labute approximate surface area is 164 Å². The van der Waals surface area contributed by atoms with Crippen LogP contribution in [0.25, 0.3) is 0 Å². The second-order valence-corrected chi connectivity index (χ2v) is 8.30. The molecule has 2 amide bonds. The lowest BCUT2D eigenvalue weighted by molar-refractivity contribution is -0.885. The Morgan fingerprint density at radius 1 is 1.15 bits per heavy atom. The van der Waals surface area contributed by atoms with Gasteiger partial charge in [-0.2, -0.15) is 0 Å². The Balaban J connectivity index is 1.76. The van der Waals surface area contributed by atoms with Crippen molar-refractivity contribution >= 4 is 35.0 Å². The van der Waals surface area contributed by atoms with Crippen molar-refractivity contribution in [2.45, 2.75) is 30.8 Å². The number of amides is 2. The Bertz CT molecular complexity index is 849. The third kappa shape index (κ3) is 4.01. The third-order valence-corrected chi connectivity index (χ3v) is 5.62. The third-order valence-electron chi connectivity index (χ3n) is 4.88. The van der Waals surface area contributed by atoms with E-state index in [1.165, 1.54) is 10.5 Å². The summed E-state index contributed by atoms with van der Waals surface area (Å²) in [4.78, 5) is 29.6. The summed E-state index contributed by atoms with van der Waals surface area (Å²) in [5.41, 5.74) is 1.70. The van der Waals surface area contributed by atoms with E-state index in [2.05, 4.69) is 35.8 Å². The number of hydrogen-bond acceptors (Lipinski definition) is 3. The van der Waals surface area contributed by atoms with Gasteiger partial charge in [0.1, 0.15) is 12.1 Å². The summed E-state index contributed by atoms with van der Waals surface area (Å²) in [6.45, 7) is 4.64. The van der Waals surface area contributed by atoms with Crippen LogP contribution in [-0.2, 0) is 16.1 Å². The molecule has 0 aliphatic carbocycles. The summed E-state index contributed by atoms with van der Waals surface area (Å²) in [5, 5.41) is 2.90. The van der Waals surface area contributed by atoms with Crippen LogP contribution in [0.1, 0.15) is 19.4 Å². The Hall–Kier alpha value is -2.31. The van der Waals surface area contributed by atoms with Crippen molar-refractivity contribution in [3.63, 3.8) is 0 Å². The Morgan fingerprint density at radius 2 is 1.81 bits per heavy atom. The molecular formula is C21H26N3O2S+. The molecule has 6 heteroatoms. The van der Waals surface area contributed by atoms with Crippen LogP contribution in [0, 0.1) is 0 Å². The van der Waals surface area contributed by atoms with Gasteiger partial charge in [-0.25, -0.2) is 0 Å². The first-order valence-electron chi connectivity index (χ1n) is 9.00. The molecule has 1 aliphatic rings. The molecule has 1 aliphatic heterocycles. The highest BCUT2D eigenvalue weighted by atomic mass is 32.2. The fourth-order valence-corrected chi connectivity index (χ4v) is 3.80. The van der Waals surface area contributed by atoms with Crippen molar-refractivity contribution in [1.82, 2.24) is 0 Å². The zero-order chi connectivity index (χ0) is 19.6. The van der Waals surface area contributed by atoms with Crippen LogP contribution in [-0.4, -0.2) is 37.2 Å². The van der Waals surface area contributed by atoms with Crippen molar-refractivity contribution in [2.24, 2.45) is 0 Å². The van der Waals surface area contributed by atoms with E-state index in [0.29, 0.717) is 12.2 Å². The van der Waals surface area contributed by atoms with Crippen LogP contribution in [0.5, 0.6) is 0 Å². The van der Waals surface area contributed by atoms with Gasteiger partial charge in [0.15, 0.2) is 6.54 Å². The number of likely N-dealkylation sites (N-methyl/N-ethyl adjacent to an activating group) is 1. The van der Waals surface area contributed by atoms with Crippen LogP contribution in [0.15, 0.2) is 53.4 Å². The number of para-hydroxylation sites is 2. The molecular weight excluding hydrogens is 358 g/mol. The van der Waals surface area contributed by atoms with Gasteiger partial charge < -0.3 is 10.2 Å². The van der Waals surface area contributed by atoms with E-state index in [9.17, 15) is 9.59 Å². The monoisotopic (exact) mass is 384 g/mol. The fourth-order valence-electron chi connectivity index (χ4n) is 3.39. The summed E-state index contributed by atoms with van der Waals surface area (Å²) in [6.07, 6.45) is 2.05. The number of hydrogen-bond donors (Lipinski definition) is 2. The quantitative estimate of drug-likeness (QED) is 0.777. The molecule has 5 nitrogen and oxygen atoms in total. The molecule has 1 unspecified atom stereocenters. The van der Waals surface area contributed by atoms with Gasteiger partial charge in [0.2, 0.25) is 5.91 Å².